The maximum Gasteiger partial charge on any atom is 0.128 e. The number of fused-ring (bicyclic) bond motifs is 1. The highest BCUT2D eigenvalue weighted by Gasteiger charge is 2.29. The number of benzene rings is 1. The molecule has 3 rings (SSSR count). The van der Waals surface area contributed by atoms with Crippen LogP contribution in [-0.4, -0.2) is 18.8 Å². The lowest BCUT2D eigenvalue weighted by Crippen LogP contribution is -2.41. The fourth-order valence-electron chi connectivity index (χ4n) is 3.04. The molecule has 1 aliphatic carbocycles. The van der Waals surface area contributed by atoms with E-state index in [1.165, 1.54) is 18.4 Å². The number of rotatable bonds is 4. The Kier molecular flexibility index (Phi) is 3.83. The van der Waals surface area contributed by atoms with Crippen LogP contribution in [0.4, 0.5) is 0 Å². The normalized spacial score (nSPS) is 20.3. The molecule has 1 aromatic carbocycles. The van der Waals surface area contributed by atoms with Gasteiger partial charge in [0.1, 0.15) is 5.75 Å². The van der Waals surface area contributed by atoms with Gasteiger partial charge in [-0.3, -0.25) is 0 Å². The highest BCUT2D eigenvalue weighted by molar-refractivity contribution is 9.10. The van der Waals surface area contributed by atoms with Crippen molar-refractivity contribution in [3.63, 3.8) is 0 Å². The van der Waals surface area contributed by atoms with E-state index in [9.17, 15) is 0 Å². The van der Waals surface area contributed by atoms with Crippen LogP contribution in [0.15, 0.2) is 16.6 Å². The molecule has 0 spiro atoms. The molecule has 0 saturated heterocycles. The SMILES string of the molecule is NC1(COCc2cc(Br)cc3c2OCC3)CCCC1. The summed E-state index contributed by atoms with van der Waals surface area (Å²) < 4.78 is 12.7. The molecule has 0 unspecified atom stereocenters. The number of hydrogen-bond acceptors (Lipinski definition) is 3. The van der Waals surface area contributed by atoms with E-state index >= 15 is 0 Å². The summed E-state index contributed by atoms with van der Waals surface area (Å²) >= 11 is 3.55. The molecule has 3 nitrogen and oxygen atoms in total. The zero-order valence-electron chi connectivity index (χ0n) is 11.1. The highest BCUT2D eigenvalue weighted by Crippen LogP contribution is 2.34. The Morgan fingerprint density at radius 3 is 2.89 bits per heavy atom. The Labute approximate surface area is 122 Å². The number of ether oxygens (including phenoxy) is 2. The van der Waals surface area contributed by atoms with Crippen LogP contribution in [0.3, 0.4) is 0 Å². The van der Waals surface area contributed by atoms with Crippen LogP contribution in [0.2, 0.25) is 0 Å². The maximum absolute atomic E-state index is 6.30. The molecule has 4 heteroatoms. The number of nitrogens with two attached hydrogens (primary N) is 1. The quantitative estimate of drug-likeness (QED) is 0.924. The summed E-state index contributed by atoms with van der Waals surface area (Å²) in [7, 11) is 0. The summed E-state index contributed by atoms with van der Waals surface area (Å²) in [5.74, 6) is 1.01. The maximum atomic E-state index is 6.30. The van der Waals surface area contributed by atoms with E-state index < -0.39 is 0 Å². The average molecular weight is 326 g/mol. The van der Waals surface area contributed by atoms with Crippen molar-refractivity contribution in [3.05, 3.63) is 27.7 Å². The molecule has 0 aromatic heterocycles. The second-order valence-corrected chi connectivity index (χ2v) is 6.63. The third-order valence-corrected chi connectivity index (χ3v) is 4.53. The summed E-state index contributed by atoms with van der Waals surface area (Å²) in [4.78, 5) is 0. The van der Waals surface area contributed by atoms with Crippen molar-refractivity contribution in [2.45, 2.75) is 44.2 Å². The molecule has 1 heterocycles. The van der Waals surface area contributed by atoms with Gasteiger partial charge in [0.2, 0.25) is 0 Å². The van der Waals surface area contributed by atoms with E-state index in [0.29, 0.717) is 13.2 Å². The summed E-state index contributed by atoms with van der Waals surface area (Å²) in [6.45, 7) is 2.01. The zero-order chi connectivity index (χ0) is 13.3. The second-order valence-electron chi connectivity index (χ2n) is 5.71. The molecule has 1 aliphatic heterocycles. The Morgan fingerprint density at radius 1 is 1.32 bits per heavy atom. The molecule has 2 aliphatic rings. The van der Waals surface area contributed by atoms with Gasteiger partial charge < -0.3 is 15.2 Å². The van der Waals surface area contributed by atoms with Gasteiger partial charge in [0.15, 0.2) is 0 Å². The summed E-state index contributed by atoms with van der Waals surface area (Å²) in [6.07, 6.45) is 5.62. The molecular formula is C15H20BrNO2. The first-order valence-electron chi connectivity index (χ1n) is 6.97. The summed E-state index contributed by atoms with van der Waals surface area (Å²) in [5.41, 5.74) is 8.60. The van der Waals surface area contributed by atoms with E-state index in [4.69, 9.17) is 15.2 Å². The fraction of sp³-hybridized carbons (Fsp3) is 0.600. The molecule has 0 radical (unpaired) electrons. The standard InChI is InChI=1S/C15H20BrNO2/c16-13-7-11-3-6-19-14(11)12(8-13)9-18-10-15(17)4-1-2-5-15/h7-8H,1-6,9-10,17H2. The van der Waals surface area contributed by atoms with Crippen molar-refractivity contribution in [2.24, 2.45) is 5.73 Å². The van der Waals surface area contributed by atoms with Crippen LogP contribution >= 0.6 is 15.9 Å². The molecule has 1 fully saturated rings. The summed E-state index contributed by atoms with van der Waals surface area (Å²) in [5, 5.41) is 0. The highest BCUT2D eigenvalue weighted by atomic mass is 79.9. The van der Waals surface area contributed by atoms with Crippen LogP contribution in [0.1, 0.15) is 36.8 Å². The lowest BCUT2D eigenvalue weighted by molar-refractivity contribution is 0.0738. The molecule has 1 saturated carbocycles. The lowest BCUT2D eigenvalue weighted by Gasteiger charge is -2.23. The van der Waals surface area contributed by atoms with Crippen molar-refractivity contribution in [2.75, 3.05) is 13.2 Å². The minimum atomic E-state index is -0.101. The molecule has 0 amide bonds. The summed E-state index contributed by atoms with van der Waals surface area (Å²) in [6, 6.07) is 4.22. The molecular weight excluding hydrogens is 306 g/mol. The van der Waals surface area contributed by atoms with Crippen LogP contribution in [0.5, 0.6) is 5.75 Å². The van der Waals surface area contributed by atoms with Crippen molar-refractivity contribution >= 4 is 15.9 Å². The Hall–Kier alpha value is -0.580. The Morgan fingerprint density at radius 2 is 2.11 bits per heavy atom. The predicted molar refractivity (Wildman–Crippen MR) is 78.4 cm³/mol. The van der Waals surface area contributed by atoms with Crippen LogP contribution < -0.4 is 10.5 Å². The van der Waals surface area contributed by atoms with Crippen molar-refractivity contribution in [1.82, 2.24) is 0 Å². The van der Waals surface area contributed by atoms with Gasteiger partial charge in [0.05, 0.1) is 19.8 Å². The van der Waals surface area contributed by atoms with Gasteiger partial charge in [-0.15, -0.1) is 0 Å². The van der Waals surface area contributed by atoms with E-state index in [1.54, 1.807) is 0 Å². The molecule has 104 valence electrons. The van der Waals surface area contributed by atoms with Crippen molar-refractivity contribution < 1.29 is 9.47 Å². The van der Waals surface area contributed by atoms with Gasteiger partial charge in [0, 0.05) is 22.0 Å². The van der Waals surface area contributed by atoms with Crippen molar-refractivity contribution in [1.29, 1.82) is 0 Å². The van der Waals surface area contributed by atoms with E-state index in [0.717, 1.165) is 41.7 Å². The van der Waals surface area contributed by atoms with Gasteiger partial charge in [-0.2, -0.15) is 0 Å². The Bertz CT molecular complexity index is 469. The third-order valence-electron chi connectivity index (χ3n) is 4.07. The zero-order valence-corrected chi connectivity index (χ0v) is 12.7. The van der Waals surface area contributed by atoms with Gasteiger partial charge >= 0.3 is 0 Å². The van der Waals surface area contributed by atoms with Crippen LogP contribution in [0, 0.1) is 0 Å². The minimum absolute atomic E-state index is 0.101. The molecule has 0 bridgehead atoms. The molecule has 1 aromatic rings. The fourth-order valence-corrected chi connectivity index (χ4v) is 3.59. The number of halogens is 1. The van der Waals surface area contributed by atoms with Gasteiger partial charge in [-0.05, 0) is 30.5 Å². The lowest BCUT2D eigenvalue weighted by atomic mass is 10.0. The predicted octanol–water partition coefficient (Wildman–Crippen LogP) is 3.17. The molecule has 2 N–H and O–H groups in total. The first kappa shape index (κ1) is 13.4. The van der Waals surface area contributed by atoms with E-state index in [-0.39, 0.29) is 5.54 Å². The van der Waals surface area contributed by atoms with Gasteiger partial charge in [-0.1, -0.05) is 28.8 Å². The van der Waals surface area contributed by atoms with Gasteiger partial charge in [0.25, 0.3) is 0 Å². The monoisotopic (exact) mass is 325 g/mol. The molecule has 0 atom stereocenters. The van der Waals surface area contributed by atoms with Crippen molar-refractivity contribution in [3.8, 4) is 5.75 Å². The minimum Gasteiger partial charge on any atom is -0.493 e. The second kappa shape index (κ2) is 5.43. The Balaban J connectivity index is 1.64. The third kappa shape index (κ3) is 2.96. The largest absolute Gasteiger partial charge is 0.493 e. The van der Waals surface area contributed by atoms with Crippen LogP contribution in [0.25, 0.3) is 0 Å². The number of hydrogen-bond donors (Lipinski definition) is 1. The average Bonchev–Trinajstić information content (AvgIpc) is 2.98. The topological polar surface area (TPSA) is 44.5 Å². The van der Waals surface area contributed by atoms with Gasteiger partial charge in [-0.25, -0.2) is 0 Å². The van der Waals surface area contributed by atoms with E-state index in [2.05, 4.69) is 28.1 Å². The van der Waals surface area contributed by atoms with E-state index in [1.807, 2.05) is 0 Å². The first-order valence-corrected chi connectivity index (χ1v) is 7.76. The van der Waals surface area contributed by atoms with Crippen LogP contribution in [-0.2, 0) is 17.8 Å². The first-order chi connectivity index (χ1) is 9.16. The smallest absolute Gasteiger partial charge is 0.128 e. The molecule has 19 heavy (non-hydrogen) atoms.